The normalized spacial score (nSPS) is 10.7. The summed E-state index contributed by atoms with van der Waals surface area (Å²) < 4.78 is 0. The summed E-state index contributed by atoms with van der Waals surface area (Å²) in [6, 6.07) is 16.4. The first-order chi connectivity index (χ1) is 12.2. The van der Waals surface area contributed by atoms with E-state index in [0.29, 0.717) is 33.7 Å². The van der Waals surface area contributed by atoms with Crippen molar-refractivity contribution in [3.8, 4) is 0 Å². The van der Waals surface area contributed by atoms with Crippen LogP contribution in [0.25, 0.3) is 11.0 Å². The third-order valence-electron chi connectivity index (χ3n) is 3.92. The largest absolute Gasteiger partial charge is 0.399 e. The van der Waals surface area contributed by atoms with E-state index in [1.54, 1.807) is 30.5 Å². The fourth-order valence-corrected chi connectivity index (χ4v) is 2.68. The van der Waals surface area contributed by atoms with E-state index >= 15 is 0 Å². The Morgan fingerprint density at radius 3 is 2.52 bits per heavy atom. The molecule has 6 heteroatoms. The number of benzene rings is 2. The van der Waals surface area contributed by atoms with Crippen LogP contribution in [0.2, 0.25) is 0 Å². The van der Waals surface area contributed by atoms with E-state index in [9.17, 15) is 4.79 Å². The lowest BCUT2D eigenvalue weighted by molar-refractivity contribution is 0.104. The summed E-state index contributed by atoms with van der Waals surface area (Å²) in [6.45, 7) is 0. The van der Waals surface area contributed by atoms with E-state index < -0.39 is 0 Å². The van der Waals surface area contributed by atoms with E-state index in [1.165, 1.54) is 6.33 Å². The predicted molar refractivity (Wildman–Crippen MR) is 97.9 cm³/mol. The van der Waals surface area contributed by atoms with Gasteiger partial charge in [0.25, 0.3) is 0 Å². The van der Waals surface area contributed by atoms with E-state index in [1.807, 2.05) is 30.3 Å². The molecule has 0 unspecified atom stereocenters. The number of fused-ring (bicyclic) bond motifs is 1. The Morgan fingerprint density at radius 1 is 1.00 bits per heavy atom. The van der Waals surface area contributed by atoms with Crippen molar-refractivity contribution in [1.82, 2.24) is 15.0 Å². The Hall–Kier alpha value is -3.67. The van der Waals surface area contributed by atoms with Gasteiger partial charge in [0.1, 0.15) is 17.8 Å². The smallest absolute Gasteiger partial charge is 0.195 e. The molecule has 0 bridgehead atoms. The number of H-pyrrole nitrogens is 1. The first-order valence-corrected chi connectivity index (χ1v) is 7.77. The Kier molecular flexibility index (Phi) is 3.63. The van der Waals surface area contributed by atoms with Crippen molar-refractivity contribution in [2.24, 2.45) is 0 Å². The monoisotopic (exact) mass is 329 g/mol. The van der Waals surface area contributed by atoms with E-state index in [2.05, 4.69) is 20.3 Å². The minimum atomic E-state index is -0.0815. The molecule has 122 valence electrons. The first-order valence-electron chi connectivity index (χ1n) is 7.77. The van der Waals surface area contributed by atoms with Gasteiger partial charge in [0.2, 0.25) is 0 Å². The second kappa shape index (κ2) is 6.09. The molecule has 0 saturated carbocycles. The Balaban J connectivity index is 1.79. The second-order valence-corrected chi connectivity index (χ2v) is 5.59. The van der Waals surface area contributed by atoms with Crippen LogP contribution in [0.1, 0.15) is 15.9 Å². The molecular formula is C19H15N5O. The topological polar surface area (TPSA) is 96.7 Å². The van der Waals surface area contributed by atoms with Crippen LogP contribution in [0, 0.1) is 0 Å². The number of anilines is 3. The highest BCUT2D eigenvalue weighted by atomic mass is 16.1. The molecule has 6 nitrogen and oxygen atoms in total. The van der Waals surface area contributed by atoms with Crippen molar-refractivity contribution in [2.45, 2.75) is 0 Å². The van der Waals surface area contributed by atoms with Crippen LogP contribution in [0.3, 0.4) is 0 Å². The van der Waals surface area contributed by atoms with Crippen LogP contribution in [-0.4, -0.2) is 20.7 Å². The van der Waals surface area contributed by atoms with E-state index in [-0.39, 0.29) is 5.78 Å². The third kappa shape index (κ3) is 2.81. The molecule has 0 fully saturated rings. The van der Waals surface area contributed by atoms with Gasteiger partial charge in [-0.05, 0) is 24.3 Å². The summed E-state index contributed by atoms with van der Waals surface area (Å²) in [5, 5.41) is 3.89. The molecule has 2 heterocycles. The van der Waals surface area contributed by atoms with Crippen LogP contribution in [0.4, 0.5) is 17.2 Å². The highest BCUT2D eigenvalue weighted by Gasteiger charge is 2.18. The molecule has 0 saturated heterocycles. The third-order valence-corrected chi connectivity index (χ3v) is 3.92. The molecule has 0 aliphatic heterocycles. The van der Waals surface area contributed by atoms with Crippen molar-refractivity contribution in [1.29, 1.82) is 0 Å². The van der Waals surface area contributed by atoms with Gasteiger partial charge in [-0.15, -0.1) is 0 Å². The van der Waals surface area contributed by atoms with Gasteiger partial charge >= 0.3 is 0 Å². The number of hydrogen-bond acceptors (Lipinski definition) is 5. The van der Waals surface area contributed by atoms with Crippen molar-refractivity contribution < 1.29 is 4.79 Å². The van der Waals surface area contributed by atoms with Gasteiger partial charge in [0, 0.05) is 23.1 Å². The lowest BCUT2D eigenvalue weighted by Gasteiger charge is -2.08. The molecule has 2 aromatic heterocycles. The first kappa shape index (κ1) is 14.9. The highest BCUT2D eigenvalue weighted by molar-refractivity contribution is 6.18. The molecule has 4 aromatic rings. The quantitative estimate of drug-likeness (QED) is 0.393. The molecule has 25 heavy (non-hydrogen) atoms. The number of nitrogen functional groups attached to an aromatic ring is 1. The summed E-state index contributed by atoms with van der Waals surface area (Å²) in [7, 11) is 0. The van der Waals surface area contributed by atoms with Crippen LogP contribution >= 0.6 is 0 Å². The number of ketones is 1. The van der Waals surface area contributed by atoms with Crippen molar-refractivity contribution in [3.63, 3.8) is 0 Å². The average Bonchev–Trinajstić information content (AvgIpc) is 3.09. The number of hydrogen-bond donors (Lipinski definition) is 3. The van der Waals surface area contributed by atoms with Crippen molar-refractivity contribution in [3.05, 3.63) is 78.2 Å². The minimum Gasteiger partial charge on any atom is -0.399 e. The Bertz CT molecular complexity index is 1040. The van der Waals surface area contributed by atoms with Gasteiger partial charge < -0.3 is 16.0 Å². The summed E-state index contributed by atoms with van der Waals surface area (Å²) in [5.74, 6) is 0.484. The number of nitrogens with one attached hydrogen (secondary N) is 2. The summed E-state index contributed by atoms with van der Waals surface area (Å²) in [4.78, 5) is 24.4. The Morgan fingerprint density at radius 2 is 1.76 bits per heavy atom. The van der Waals surface area contributed by atoms with Crippen molar-refractivity contribution in [2.75, 3.05) is 11.1 Å². The van der Waals surface area contributed by atoms with Gasteiger partial charge in [0.05, 0.1) is 10.9 Å². The minimum absolute atomic E-state index is 0.0815. The number of nitrogens with two attached hydrogens (primary N) is 1. The zero-order valence-corrected chi connectivity index (χ0v) is 13.2. The number of nitrogens with zero attached hydrogens (tertiary/aromatic N) is 2. The van der Waals surface area contributed by atoms with Gasteiger partial charge in [0.15, 0.2) is 5.78 Å². The number of carbonyl (C=O) groups is 1. The zero-order chi connectivity index (χ0) is 17.2. The molecule has 4 rings (SSSR count). The van der Waals surface area contributed by atoms with E-state index in [0.717, 1.165) is 5.69 Å². The maximum absolute atomic E-state index is 12.9. The molecule has 2 aromatic carbocycles. The average molecular weight is 329 g/mol. The van der Waals surface area contributed by atoms with Gasteiger partial charge in [-0.1, -0.05) is 30.3 Å². The lowest BCUT2D eigenvalue weighted by Crippen LogP contribution is -2.02. The zero-order valence-electron chi connectivity index (χ0n) is 13.2. The summed E-state index contributed by atoms with van der Waals surface area (Å²) >= 11 is 0. The standard InChI is InChI=1S/C19H15N5O/c20-13-6-8-14(9-7-13)24-19-16-15(10-21-18(16)22-11-23-19)17(25)12-4-2-1-3-5-12/h1-11H,20H2,(H2,21,22,23,24). The van der Waals surface area contributed by atoms with Crippen molar-refractivity contribution >= 4 is 34.0 Å². The lowest BCUT2D eigenvalue weighted by atomic mass is 10.0. The fourth-order valence-electron chi connectivity index (χ4n) is 2.68. The molecule has 0 radical (unpaired) electrons. The predicted octanol–water partition coefficient (Wildman–Crippen LogP) is 3.51. The maximum Gasteiger partial charge on any atom is 0.195 e. The molecule has 4 N–H and O–H groups in total. The van der Waals surface area contributed by atoms with Crippen LogP contribution in [0.15, 0.2) is 67.1 Å². The van der Waals surface area contributed by atoms with Crippen LogP contribution in [0.5, 0.6) is 0 Å². The molecule has 0 spiro atoms. The van der Waals surface area contributed by atoms with Gasteiger partial charge in [-0.2, -0.15) is 0 Å². The second-order valence-electron chi connectivity index (χ2n) is 5.59. The van der Waals surface area contributed by atoms with Gasteiger partial charge in [-0.3, -0.25) is 4.79 Å². The number of rotatable bonds is 4. The van der Waals surface area contributed by atoms with Crippen LogP contribution in [-0.2, 0) is 0 Å². The fraction of sp³-hybridized carbons (Fsp3) is 0. The maximum atomic E-state index is 12.9. The number of aromatic nitrogens is 3. The van der Waals surface area contributed by atoms with E-state index in [4.69, 9.17) is 5.73 Å². The SMILES string of the molecule is Nc1ccc(Nc2ncnc3[nH]cc(C(=O)c4ccccc4)c23)cc1. The highest BCUT2D eigenvalue weighted by Crippen LogP contribution is 2.28. The summed E-state index contributed by atoms with van der Waals surface area (Å²) in [5.41, 5.74) is 8.97. The number of aromatic amines is 1. The number of carbonyl (C=O) groups excluding carboxylic acids is 1. The van der Waals surface area contributed by atoms with Gasteiger partial charge in [-0.25, -0.2) is 9.97 Å². The molecule has 0 amide bonds. The van der Waals surface area contributed by atoms with Crippen LogP contribution < -0.4 is 11.1 Å². The summed E-state index contributed by atoms with van der Waals surface area (Å²) in [6.07, 6.45) is 3.12. The molecule has 0 atom stereocenters. The Labute approximate surface area is 143 Å². The molecular weight excluding hydrogens is 314 g/mol. The molecule has 0 aliphatic rings. The molecule has 0 aliphatic carbocycles.